The lowest BCUT2D eigenvalue weighted by molar-refractivity contribution is 0.356. The highest BCUT2D eigenvalue weighted by Gasteiger charge is 2.54. The van der Waals surface area contributed by atoms with Crippen LogP contribution in [0.3, 0.4) is 0 Å². The van der Waals surface area contributed by atoms with Crippen LogP contribution in [0.25, 0.3) is 0 Å². The van der Waals surface area contributed by atoms with Crippen LogP contribution in [-0.4, -0.2) is 11.7 Å². The number of epoxide rings is 1. The normalized spacial score (nSPS) is 43.7. The van der Waals surface area contributed by atoms with Gasteiger partial charge in [-0.15, -0.1) is 0 Å². The lowest BCUT2D eigenvalue weighted by Gasteiger charge is -2.04. The van der Waals surface area contributed by atoms with E-state index in [1.165, 1.54) is 0 Å². The molecule has 0 aromatic heterocycles. The molecule has 1 fully saturated rings. The number of halogens is 2. The molecular formula is C7H6Cl2O. The minimum absolute atomic E-state index is 0.0201. The second kappa shape index (κ2) is 1.79. The average molecular weight is 177 g/mol. The van der Waals surface area contributed by atoms with Crippen molar-refractivity contribution in [2.45, 2.75) is 18.6 Å². The summed E-state index contributed by atoms with van der Waals surface area (Å²) in [7, 11) is 0. The van der Waals surface area contributed by atoms with Crippen LogP contribution < -0.4 is 0 Å². The first-order valence-corrected chi connectivity index (χ1v) is 3.81. The molecule has 10 heavy (non-hydrogen) atoms. The van der Waals surface area contributed by atoms with E-state index in [-0.39, 0.29) is 11.7 Å². The number of allylic oxidation sites excluding steroid dienone is 2. The maximum Gasteiger partial charge on any atom is 0.128 e. The van der Waals surface area contributed by atoms with Crippen molar-refractivity contribution < 1.29 is 4.74 Å². The first kappa shape index (κ1) is 6.71. The number of hydrogen-bond acceptors (Lipinski definition) is 1. The zero-order chi connectivity index (χ0) is 7.35. The van der Waals surface area contributed by atoms with Gasteiger partial charge in [-0.2, -0.15) is 0 Å². The molecule has 2 atom stereocenters. The first-order valence-electron chi connectivity index (χ1n) is 3.06. The van der Waals surface area contributed by atoms with E-state index >= 15 is 0 Å². The topological polar surface area (TPSA) is 12.5 Å². The summed E-state index contributed by atoms with van der Waals surface area (Å²) in [4.78, 5) is 0. The van der Waals surface area contributed by atoms with Crippen molar-refractivity contribution in [1.82, 2.24) is 0 Å². The van der Waals surface area contributed by atoms with Gasteiger partial charge in [-0.25, -0.2) is 0 Å². The minimum Gasteiger partial charge on any atom is -0.356 e. The summed E-state index contributed by atoms with van der Waals surface area (Å²) in [6.07, 6.45) is 3.74. The van der Waals surface area contributed by atoms with Gasteiger partial charge in [0.2, 0.25) is 0 Å². The monoisotopic (exact) mass is 176 g/mol. The van der Waals surface area contributed by atoms with Gasteiger partial charge in [0.05, 0.1) is 10.1 Å². The number of fused-ring (bicyclic) bond motifs is 1. The third-order valence-electron chi connectivity index (χ3n) is 1.85. The zero-order valence-electron chi connectivity index (χ0n) is 5.40. The van der Waals surface area contributed by atoms with Crippen LogP contribution in [-0.2, 0) is 4.74 Å². The van der Waals surface area contributed by atoms with E-state index in [2.05, 4.69) is 0 Å². The fourth-order valence-electron chi connectivity index (χ4n) is 1.09. The molecule has 0 bridgehead atoms. The van der Waals surface area contributed by atoms with Crippen LogP contribution in [0, 0.1) is 0 Å². The lowest BCUT2D eigenvalue weighted by atomic mass is 10.0. The molecule has 0 N–H and O–H groups in total. The molecule has 0 spiro atoms. The Morgan fingerprint density at radius 3 is 2.90 bits per heavy atom. The van der Waals surface area contributed by atoms with Crippen molar-refractivity contribution in [1.29, 1.82) is 0 Å². The minimum atomic E-state index is -0.157. The standard InChI is InChI=1S/C7H6Cl2O/c1-7-3-2-4(8)5(9)6(7)10-7/h2-3,6H,1H3. The third-order valence-corrected chi connectivity index (χ3v) is 2.68. The van der Waals surface area contributed by atoms with E-state index in [1.54, 1.807) is 6.08 Å². The molecule has 1 nitrogen and oxygen atoms in total. The first-order chi connectivity index (χ1) is 4.63. The van der Waals surface area contributed by atoms with Gasteiger partial charge in [-0.1, -0.05) is 23.2 Å². The Bertz CT molecular complexity index is 244. The quantitative estimate of drug-likeness (QED) is 0.517. The van der Waals surface area contributed by atoms with Gasteiger partial charge in [0.1, 0.15) is 11.7 Å². The van der Waals surface area contributed by atoms with Crippen molar-refractivity contribution in [3.63, 3.8) is 0 Å². The molecule has 0 aromatic carbocycles. The summed E-state index contributed by atoms with van der Waals surface area (Å²) >= 11 is 11.6. The molecule has 1 heterocycles. The molecule has 54 valence electrons. The molecule has 1 aliphatic heterocycles. The molecule has 0 radical (unpaired) electrons. The Morgan fingerprint density at radius 1 is 1.60 bits per heavy atom. The highest BCUT2D eigenvalue weighted by atomic mass is 35.5. The summed E-state index contributed by atoms with van der Waals surface area (Å²) in [6.45, 7) is 1.99. The molecule has 0 saturated carbocycles. The number of hydrogen-bond donors (Lipinski definition) is 0. The molecule has 1 saturated heterocycles. The predicted octanol–water partition coefficient (Wildman–Crippen LogP) is 2.40. The zero-order valence-corrected chi connectivity index (χ0v) is 6.91. The van der Waals surface area contributed by atoms with Crippen LogP contribution >= 0.6 is 23.2 Å². The largest absolute Gasteiger partial charge is 0.356 e. The number of ether oxygens (including phenoxy) is 1. The van der Waals surface area contributed by atoms with E-state index in [9.17, 15) is 0 Å². The van der Waals surface area contributed by atoms with Crippen molar-refractivity contribution >= 4 is 23.2 Å². The maximum absolute atomic E-state index is 5.82. The van der Waals surface area contributed by atoms with Gasteiger partial charge in [0, 0.05) is 0 Å². The second-order valence-corrected chi connectivity index (χ2v) is 3.53. The van der Waals surface area contributed by atoms with Gasteiger partial charge in [0.25, 0.3) is 0 Å². The molecule has 1 aliphatic carbocycles. The van der Waals surface area contributed by atoms with E-state index in [4.69, 9.17) is 27.9 Å². The van der Waals surface area contributed by atoms with Gasteiger partial charge >= 0.3 is 0 Å². The highest BCUT2D eigenvalue weighted by molar-refractivity contribution is 6.41. The fraction of sp³-hybridized carbons (Fsp3) is 0.429. The molecule has 3 heteroatoms. The van der Waals surface area contributed by atoms with E-state index in [1.807, 2.05) is 13.0 Å². The Hall–Kier alpha value is 0.0200. The van der Waals surface area contributed by atoms with Crippen LogP contribution in [0.2, 0.25) is 0 Å². The number of rotatable bonds is 0. The molecule has 2 rings (SSSR count). The van der Waals surface area contributed by atoms with E-state index in [0.717, 1.165) is 0 Å². The average Bonchev–Trinajstić information content (AvgIpc) is 2.56. The smallest absolute Gasteiger partial charge is 0.128 e. The molecule has 0 amide bonds. The summed E-state index contributed by atoms with van der Waals surface area (Å²) in [5, 5.41) is 1.23. The van der Waals surface area contributed by atoms with Gasteiger partial charge in [-0.05, 0) is 19.1 Å². The molecule has 2 aliphatic rings. The maximum atomic E-state index is 5.82. The Balaban J connectivity index is 2.38. The van der Waals surface area contributed by atoms with Crippen LogP contribution in [0.15, 0.2) is 22.2 Å². The second-order valence-electron chi connectivity index (χ2n) is 2.71. The van der Waals surface area contributed by atoms with Gasteiger partial charge in [0.15, 0.2) is 0 Å². The predicted molar refractivity (Wildman–Crippen MR) is 41.2 cm³/mol. The van der Waals surface area contributed by atoms with E-state index in [0.29, 0.717) is 10.1 Å². The van der Waals surface area contributed by atoms with Gasteiger partial charge in [-0.3, -0.25) is 0 Å². The molecule has 2 unspecified atom stereocenters. The fourth-order valence-corrected chi connectivity index (χ4v) is 1.58. The van der Waals surface area contributed by atoms with E-state index < -0.39 is 0 Å². The summed E-state index contributed by atoms with van der Waals surface area (Å²) < 4.78 is 5.29. The van der Waals surface area contributed by atoms with Crippen LogP contribution in [0.5, 0.6) is 0 Å². The van der Waals surface area contributed by atoms with Gasteiger partial charge < -0.3 is 4.74 Å². The SMILES string of the molecule is CC12C=CC(Cl)=C(Cl)C1O2. The lowest BCUT2D eigenvalue weighted by Crippen LogP contribution is -2.09. The van der Waals surface area contributed by atoms with Crippen molar-refractivity contribution in [3.05, 3.63) is 22.2 Å². The van der Waals surface area contributed by atoms with Crippen LogP contribution in [0.4, 0.5) is 0 Å². The summed E-state index contributed by atoms with van der Waals surface area (Å²) in [5.41, 5.74) is -0.157. The van der Waals surface area contributed by atoms with Crippen molar-refractivity contribution in [2.24, 2.45) is 0 Å². The summed E-state index contributed by atoms with van der Waals surface area (Å²) in [5.74, 6) is 0. The highest BCUT2D eigenvalue weighted by Crippen LogP contribution is 2.48. The van der Waals surface area contributed by atoms with Crippen molar-refractivity contribution in [3.8, 4) is 0 Å². The Labute approximate surface area is 69.3 Å². The molecule has 0 aromatic rings. The van der Waals surface area contributed by atoms with Crippen LogP contribution in [0.1, 0.15) is 6.92 Å². The third kappa shape index (κ3) is 0.746. The Kier molecular flexibility index (Phi) is 1.20. The molecular weight excluding hydrogens is 171 g/mol. The Morgan fingerprint density at radius 2 is 2.30 bits per heavy atom. The summed E-state index contributed by atoms with van der Waals surface area (Å²) in [6, 6.07) is 0. The van der Waals surface area contributed by atoms with Crippen molar-refractivity contribution in [2.75, 3.05) is 0 Å².